The number of benzene rings is 1. The van der Waals surface area contributed by atoms with Crippen molar-refractivity contribution in [3.8, 4) is 17.0 Å². The molecule has 0 spiro atoms. The summed E-state index contributed by atoms with van der Waals surface area (Å²) in [5.74, 6) is 0.937. The smallest absolute Gasteiger partial charge is 0.407 e. The number of rotatable bonds is 7. The Bertz CT molecular complexity index is 1120. The number of aromatic nitrogens is 2. The normalized spacial score (nSPS) is 10.7. The average Bonchev–Trinajstić information content (AvgIpc) is 2.76. The molecule has 168 valence electrons. The largest absolute Gasteiger partial charge is 0.475 e. The predicted molar refractivity (Wildman–Crippen MR) is 123 cm³/mol. The van der Waals surface area contributed by atoms with Crippen LogP contribution in [0.25, 0.3) is 21.9 Å². The van der Waals surface area contributed by atoms with E-state index < -0.39 is 6.09 Å². The molecule has 0 aliphatic heterocycles. The molecule has 0 atom stereocenters. The number of nitrogens with zero attached hydrogens (tertiary/aromatic N) is 2. The van der Waals surface area contributed by atoms with Gasteiger partial charge >= 0.3 is 12.1 Å². The Morgan fingerprint density at radius 2 is 1.88 bits per heavy atom. The number of amides is 3. The minimum Gasteiger partial charge on any atom is -0.475 e. The Morgan fingerprint density at radius 1 is 1.06 bits per heavy atom. The zero-order valence-electron chi connectivity index (χ0n) is 18.6. The second-order valence-corrected chi connectivity index (χ2v) is 7.27. The van der Waals surface area contributed by atoms with Crippen molar-refractivity contribution in [3.05, 3.63) is 48.3 Å². The summed E-state index contributed by atoms with van der Waals surface area (Å²) in [6.07, 6.45) is 2.86. The molecule has 0 aliphatic rings. The molecule has 9 nitrogen and oxygen atoms in total. The van der Waals surface area contributed by atoms with E-state index in [4.69, 9.17) is 4.74 Å². The second-order valence-electron chi connectivity index (χ2n) is 7.27. The van der Waals surface area contributed by atoms with E-state index >= 15 is 0 Å². The quantitative estimate of drug-likeness (QED) is 0.513. The van der Waals surface area contributed by atoms with Crippen molar-refractivity contribution in [3.63, 3.8) is 0 Å². The van der Waals surface area contributed by atoms with Crippen LogP contribution in [-0.4, -0.2) is 41.9 Å². The maximum Gasteiger partial charge on any atom is 0.407 e. The molecule has 0 fully saturated rings. The molecule has 32 heavy (non-hydrogen) atoms. The summed E-state index contributed by atoms with van der Waals surface area (Å²) in [7, 11) is 1.32. The van der Waals surface area contributed by atoms with Crippen molar-refractivity contribution in [1.29, 1.82) is 0 Å². The number of ether oxygens (including phenoxy) is 2. The van der Waals surface area contributed by atoms with E-state index in [1.54, 1.807) is 12.4 Å². The lowest BCUT2D eigenvalue weighted by molar-refractivity contribution is 0.170. The molecule has 3 amide bonds. The molecule has 0 aliphatic carbocycles. The topological polar surface area (TPSA) is 114 Å². The van der Waals surface area contributed by atoms with E-state index in [1.807, 2.05) is 51.1 Å². The summed E-state index contributed by atoms with van der Waals surface area (Å²) < 4.78 is 10.4. The molecular formula is C23H27N5O4. The van der Waals surface area contributed by atoms with E-state index in [9.17, 15) is 9.59 Å². The predicted octanol–water partition coefficient (Wildman–Crippen LogP) is 4.08. The van der Waals surface area contributed by atoms with Crippen LogP contribution < -0.4 is 20.7 Å². The van der Waals surface area contributed by atoms with Gasteiger partial charge in [-0.2, -0.15) is 0 Å². The van der Waals surface area contributed by atoms with Crippen LogP contribution >= 0.6 is 0 Å². The average molecular weight is 438 g/mol. The molecule has 3 rings (SSSR count). The van der Waals surface area contributed by atoms with Gasteiger partial charge in [0, 0.05) is 36.9 Å². The van der Waals surface area contributed by atoms with Crippen molar-refractivity contribution in [1.82, 2.24) is 20.6 Å². The van der Waals surface area contributed by atoms with Crippen molar-refractivity contribution >= 4 is 28.7 Å². The van der Waals surface area contributed by atoms with E-state index in [1.165, 1.54) is 7.11 Å². The number of hydrogen-bond donors (Lipinski definition) is 3. The van der Waals surface area contributed by atoms with Gasteiger partial charge < -0.3 is 20.1 Å². The molecule has 1 aromatic carbocycles. The lowest BCUT2D eigenvalue weighted by atomic mass is 9.96. The van der Waals surface area contributed by atoms with Gasteiger partial charge in [0.1, 0.15) is 5.82 Å². The number of alkyl carbamates (subject to hydrolysis) is 1. The molecule has 2 heterocycles. The van der Waals surface area contributed by atoms with E-state index in [0.29, 0.717) is 18.2 Å². The third-order valence-electron chi connectivity index (χ3n) is 4.58. The minimum atomic E-state index is -0.519. The summed E-state index contributed by atoms with van der Waals surface area (Å²) in [6.45, 7) is 6.50. The number of fused-ring (bicyclic) bond motifs is 1. The number of anilines is 1. The highest BCUT2D eigenvalue weighted by Crippen LogP contribution is 2.33. The monoisotopic (exact) mass is 437 g/mol. The summed E-state index contributed by atoms with van der Waals surface area (Å²) in [5, 5.41) is 9.82. The Labute approximate surface area is 186 Å². The highest BCUT2D eigenvalue weighted by atomic mass is 16.5. The summed E-state index contributed by atoms with van der Waals surface area (Å²) in [5.41, 5.74) is 2.68. The molecule has 0 saturated carbocycles. The van der Waals surface area contributed by atoms with E-state index in [2.05, 4.69) is 30.7 Å². The first-order chi connectivity index (χ1) is 15.4. The first kappa shape index (κ1) is 22.8. The first-order valence-electron chi connectivity index (χ1n) is 10.3. The van der Waals surface area contributed by atoms with Gasteiger partial charge in [0.05, 0.1) is 13.2 Å². The first-order valence-corrected chi connectivity index (χ1v) is 10.3. The van der Waals surface area contributed by atoms with Crippen molar-refractivity contribution in [2.24, 2.45) is 0 Å². The lowest BCUT2D eigenvalue weighted by Crippen LogP contribution is -2.28. The number of hydrogen-bond acceptors (Lipinski definition) is 6. The molecule has 9 heteroatoms. The number of carbonyl (C=O) groups is 2. The fourth-order valence-corrected chi connectivity index (χ4v) is 3.22. The van der Waals surface area contributed by atoms with Gasteiger partial charge in [0.25, 0.3) is 0 Å². The second kappa shape index (κ2) is 10.4. The summed E-state index contributed by atoms with van der Waals surface area (Å²) in [6, 6.07) is 9.13. The van der Waals surface area contributed by atoms with Crippen LogP contribution in [-0.2, 0) is 11.3 Å². The zero-order chi connectivity index (χ0) is 23.1. The highest BCUT2D eigenvalue weighted by Gasteiger charge is 2.13. The van der Waals surface area contributed by atoms with E-state index in [-0.39, 0.29) is 18.7 Å². The van der Waals surface area contributed by atoms with Crippen molar-refractivity contribution in [2.75, 3.05) is 19.0 Å². The van der Waals surface area contributed by atoms with Crippen LogP contribution in [0, 0.1) is 0 Å². The molecule has 0 radical (unpaired) electrons. The molecule has 0 unspecified atom stereocenters. The highest BCUT2D eigenvalue weighted by molar-refractivity contribution is 6.01. The Hall–Kier alpha value is -3.88. The van der Waals surface area contributed by atoms with Gasteiger partial charge in [-0.15, -0.1) is 0 Å². The van der Waals surface area contributed by atoms with Crippen LogP contribution in [0.4, 0.5) is 15.4 Å². The summed E-state index contributed by atoms with van der Waals surface area (Å²) in [4.78, 5) is 32.2. The van der Waals surface area contributed by atoms with Crippen LogP contribution in [0.5, 0.6) is 5.88 Å². The number of nitrogens with one attached hydrogen (secondary N) is 3. The van der Waals surface area contributed by atoms with Gasteiger partial charge in [-0.05, 0) is 55.0 Å². The minimum absolute atomic E-state index is 0.00153. The maximum absolute atomic E-state index is 12.0. The lowest BCUT2D eigenvalue weighted by Gasteiger charge is -2.15. The fraction of sp³-hybridized carbons (Fsp3) is 0.304. The van der Waals surface area contributed by atoms with Crippen molar-refractivity contribution in [2.45, 2.75) is 33.4 Å². The zero-order valence-corrected chi connectivity index (χ0v) is 18.6. The number of pyridine rings is 2. The summed E-state index contributed by atoms with van der Waals surface area (Å²) >= 11 is 0. The molecular weight excluding hydrogens is 410 g/mol. The van der Waals surface area contributed by atoms with Crippen LogP contribution in [0.15, 0.2) is 42.7 Å². The molecule has 0 saturated heterocycles. The van der Waals surface area contributed by atoms with Gasteiger partial charge in [-0.3, -0.25) is 5.32 Å². The van der Waals surface area contributed by atoms with Crippen LogP contribution in [0.2, 0.25) is 0 Å². The third-order valence-corrected chi connectivity index (χ3v) is 4.58. The van der Waals surface area contributed by atoms with Crippen LogP contribution in [0.3, 0.4) is 0 Å². The number of methoxy groups -OCH3 is 1. The van der Waals surface area contributed by atoms with Gasteiger partial charge in [0.15, 0.2) is 0 Å². The molecule has 2 aromatic heterocycles. The van der Waals surface area contributed by atoms with Crippen molar-refractivity contribution < 1.29 is 19.1 Å². The van der Waals surface area contributed by atoms with Gasteiger partial charge in [-0.25, -0.2) is 19.6 Å². The Balaban J connectivity index is 2.08. The Morgan fingerprint density at radius 3 is 2.59 bits per heavy atom. The fourth-order valence-electron chi connectivity index (χ4n) is 3.22. The van der Waals surface area contributed by atoms with E-state index in [0.717, 1.165) is 27.5 Å². The van der Waals surface area contributed by atoms with Gasteiger partial charge in [0.2, 0.25) is 5.88 Å². The third kappa shape index (κ3) is 5.63. The Kier molecular flexibility index (Phi) is 7.43. The molecule has 0 bridgehead atoms. The standard InChI is InChI=1S/C23H27N5O4/c1-5-24-22(29)28-20-11-18-17(15-8-9-25-21(10-15)32-14(2)3)7-6-16(19(18)13-26-20)12-27-23(30)31-4/h6-11,13-14H,5,12H2,1-4H3,(H,27,30)(H2,24,26,28,29). The SMILES string of the molecule is CCNC(=O)Nc1cc2c(-c3ccnc(OC(C)C)c3)ccc(CNC(=O)OC)c2cn1. The van der Waals surface area contributed by atoms with Gasteiger partial charge in [-0.1, -0.05) is 12.1 Å². The number of urea groups is 1. The maximum atomic E-state index is 12.0. The molecule has 3 N–H and O–H groups in total. The van der Waals surface area contributed by atoms with Crippen LogP contribution in [0.1, 0.15) is 26.3 Å². The number of carbonyl (C=O) groups excluding carboxylic acids is 2. The molecule has 3 aromatic rings.